The van der Waals surface area contributed by atoms with Gasteiger partial charge in [0, 0.05) is 17.3 Å². The molecule has 2 fully saturated rings. The molecule has 0 aliphatic heterocycles. The molecule has 4 nitrogen and oxygen atoms in total. The van der Waals surface area contributed by atoms with Crippen LogP contribution in [0, 0.1) is 28.6 Å². The van der Waals surface area contributed by atoms with Gasteiger partial charge in [0.2, 0.25) is 0 Å². The van der Waals surface area contributed by atoms with E-state index in [0.29, 0.717) is 18.3 Å². The van der Waals surface area contributed by atoms with Crippen molar-refractivity contribution in [2.24, 2.45) is 28.6 Å². The lowest BCUT2D eigenvalue weighted by Crippen LogP contribution is -2.59. The smallest absolute Gasteiger partial charge is 0.155 e. The van der Waals surface area contributed by atoms with Crippen LogP contribution in [-0.2, 0) is 4.79 Å². The highest BCUT2D eigenvalue weighted by atomic mass is 16.4. The van der Waals surface area contributed by atoms with Crippen LogP contribution in [0.2, 0.25) is 0 Å². The van der Waals surface area contributed by atoms with Crippen molar-refractivity contribution in [3.8, 4) is 0 Å². The molecule has 0 aromatic rings. The lowest BCUT2D eigenvalue weighted by molar-refractivity contribution is -0.183. The van der Waals surface area contributed by atoms with Gasteiger partial charge in [-0.3, -0.25) is 4.79 Å². The van der Waals surface area contributed by atoms with Crippen molar-refractivity contribution in [2.45, 2.75) is 77.4 Å². The fourth-order valence-corrected chi connectivity index (χ4v) is 7.33. The van der Waals surface area contributed by atoms with Gasteiger partial charge in [0.25, 0.3) is 0 Å². The van der Waals surface area contributed by atoms with E-state index in [4.69, 9.17) is 0 Å². The van der Waals surface area contributed by atoms with Gasteiger partial charge in [0.05, 0.1) is 6.61 Å². The molecular formula is C23H34O4. The van der Waals surface area contributed by atoms with Crippen LogP contribution >= 0.6 is 0 Å². The highest BCUT2D eigenvalue weighted by Gasteiger charge is 2.67. The van der Waals surface area contributed by atoms with E-state index in [1.165, 1.54) is 11.1 Å². The molecule has 0 heterocycles. The molecule has 0 amide bonds. The van der Waals surface area contributed by atoms with Crippen LogP contribution in [-0.4, -0.2) is 39.4 Å². The summed E-state index contributed by atoms with van der Waals surface area (Å²) >= 11 is 0. The molecule has 27 heavy (non-hydrogen) atoms. The fourth-order valence-electron chi connectivity index (χ4n) is 7.33. The molecule has 7 atom stereocenters. The lowest BCUT2D eigenvalue weighted by atomic mass is 9.50. The van der Waals surface area contributed by atoms with Gasteiger partial charge in [-0.25, -0.2) is 0 Å². The molecule has 4 heteroatoms. The fraction of sp³-hybridized carbons (Fsp3) is 0.783. The number of rotatable bonds is 3. The van der Waals surface area contributed by atoms with Gasteiger partial charge >= 0.3 is 0 Å². The Morgan fingerprint density at radius 3 is 2.70 bits per heavy atom. The summed E-state index contributed by atoms with van der Waals surface area (Å²) in [4.78, 5) is 11.9. The van der Waals surface area contributed by atoms with E-state index in [2.05, 4.69) is 26.8 Å². The van der Waals surface area contributed by atoms with Gasteiger partial charge in [0.15, 0.2) is 5.78 Å². The number of hydrogen-bond acceptors (Lipinski definition) is 4. The van der Waals surface area contributed by atoms with E-state index in [1.54, 1.807) is 0 Å². The normalized spacial score (nSPS) is 47.5. The summed E-state index contributed by atoms with van der Waals surface area (Å²) in [6, 6.07) is 0. The maximum Gasteiger partial charge on any atom is 0.155 e. The topological polar surface area (TPSA) is 77.8 Å². The van der Waals surface area contributed by atoms with Crippen molar-refractivity contribution in [3.05, 3.63) is 23.3 Å². The zero-order chi connectivity index (χ0) is 19.6. The monoisotopic (exact) mass is 374 g/mol. The number of carbonyl (C=O) groups excluding carboxylic acids is 1. The Bertz CT molecular complexity index is 709. The molecule has 4 unspecified atom stereocenters. The highest BCUT2D eigenvalue weighted by molar-refractivity contribution is 5.92. The van der Waals surface area contributed by atoms with Crippen molar-refractivity contribution < 1.29 is 20.1 Å². The largest absolute Gasteiger partial charge is 0.394 e. The first-order valence-corrected chi connectivity index (χ1v) is 10.7. The Kier molecular flexibility index (Phi) is 4.49. The number of ketones is 1. The second-order valence-corrected chi connectivity index (χ2v) is 9.87. The van der Waals surface area contributed by atoms with E-state index in [0.717, 1.165) is 38.5 Å². The minimum absolute atomic E-state index is 0.0000729. The highest BCUT2D eigenvalue weighted by Crippen LogP contribution is 2.67. The van der Waals surface area contributed by atoms with Crippen molar-refractivity contribution >= 4 is 5.78 Å². The molecule has 0 aromatic carbocycles. The third kappa shape index (κ3) is 2.36. The number of aliphatic hydroxyl groups excluding tert-OH is 2. The van der Waals surface area contributed by atoms with Gasteiger partial charge < -0.3 is 15.3 Å². The van der Waals surface area contributed by atoms with Gasteiger partial charge in [-0.05, 0) is 55.9 Å². The molecular weight excluding hydrogens is 340 g/mol. The van der Waals surface area contributed by atoms with Crippen LogP contribution in [0.1, 0.15) is 65.7 Å². The van der Waals surface area contributed by atoms with Crippen molar-refractivity contribution in [1.29, 1.82) is 0 Å². The first-order valence-electron chi connectivity index (χ1n) is 10.7. The number of fused-ring (bicyclic) bond motifs is 5. The summed E-state index contributed by atoms with van der Waals surface area (Å²) in [5.74, 6) is 0.965. The van der Waals surface area contributed by atoms with Crippen molar-refractivity contribution in [2.75, 3.05) is 6.61 Å². The minimum Gasteiger partial charge on any atom is -0.394 e. The summed E-state index contributed by atoms with van der Waals surface area (Å²) < 4.78 is 0. The Morgan fingerprint density at radius 1 is 1.30 bits per heavy atom. The summed E-state index contributed by atoms with van der Waals surface area (Å²) in [5.41, 5.74) is 1.07. The van der Waals surface area contributed by atoms with Gasteiger partial charge in [-0.1, -0.05) is 44.4 Å². The third-order valence-corrected chi connectivity index (χ3v) is 8.98. The molecule has 2 saturated carbocycles. The Hall–Kier alpha value is -0.970. The molecule has 4 aliphatic rings. The van der Waals surface area contributed by atoms with Crippen LogP contribution in [0.5, 0.6) is 0 Å². The number of carbonyl (C=O) groups is 1. The standard InChI is InChI=1S/C23H34O4/c1-4-14-12-19-17-6-5-15-11-16(25)7-9-21(15,2)18(17)8-10-22(19,3)23(14,27)20(26)13-24/h8,11,14,17,19-20,24,26-27H,4-7,9-10,12-13H2,1-3H3/t14?,17?,19?,20?,21-,22-,23-/m0/s1. The second kappa shape index (κ2) is 6.27. The van der Waals surface area contributed by atoms with Gasteiger partial charge in [-0.15, -0.1) is 0 Å². The summed E-state index contributed by atoms with van der Waals surface area (Å²) in [7, 11) is 0. The zero-order valence-electron chi connectivity index (χ0n) is 16.9. The molecule has 0 saturated heterocycles. The predicted octanol–water partition coefficient (Wildman–Crippen LogP) is 3.16. The maximum atomic E-state index is 11.9. The van der Waals surface area contributed by atoms with Crippen LogP contribution in [0.3, 0.4) is 0 Å². The van der Waals surface area contributed by atoms with E-state index < -0.39 is 23.7 Å². The lowest BCUT2D eigenvalue weighted by Gasteiger charge is -2.55. The average molecular weight is 375 g/mol. The SMILES string of the molecule is CCC1CC2C3CCC4=CC(=O)CC[C@]4(C)C3=CC[C@]2(C)[C@@]1(O)C(O)CO. The van der Waals surface area contributed by atoms with Crippen LogP contribution in [0.25, 0.3) is 0 Å². The van der Waals surface area contributed by atoms with Crippen molar-refractivity contribution in [1.82, 2.24) is 0 Å². The molecule has 4 aliphatic carbocycles. The van der Waals surface area contributed by atoms with E-state index >= 15 is 0 Å². The van der Waals surface area contributed by atoms with E-state index in [9.17, 15) is 20.1 Å². The molecule has 3 N–H and O–H groups in total. The van der Waals surface area contributed by atoms with Gasteiger partial charge in [0.1, 0.15) is 11.7 Å². The van der Waals surface area contributed by atoms with Crippen molar-refractivity contribution in [3.63, 3.8) is 0 Å². The summed E-state index contributed by atoms with van der Waals surface area (Å²) in [6.07, 6.45) is 9.02. The van der Waals surface area contributed by atoms with Crippen LogP contribution in [0.15, 0.2) is 23.3 Å². The third-order valence-electron chi connectivity index (χ3n) is 8.98. The molecule has 0 spiro atoms. The first kappa shape index (κ1) is 19.4. The second-order valence-electron chi connectivity index (χ2n) is 9.87. The number of aliphatic hydroxyl groups is 3. The molecule has 150 valence electrons. The van der Waals surface area contributed by atoms with Gasteiger partial charge in [-0.2, -0.15) is 0 Å². The molecule has 0 radical (unpaired) electrons. The van der Waals surface area contributed by atoms with E-state index in [-0.39, 0.29) is 17.1 Å². The first-order chi connectivity index (χ1) is 12.7. The summed E-state index contributed by atoms with van der Waals surface area (Å²) in [6.45, 7) is 6.10. The minimum atomic E-state index is -1.25. The maximum absolute atomic E-state index is 11.9. The number of allylic oxidation sites excluding steroid dienone is 4. The molecule has 4 rings (SSSR count). The molecule has 0 aromatic heterocycles. The molecule has 0 bridgehead atoms. The average Bonchev–Trinajstić information content (AvgIpc) is 2.90. The van der Waals surface area contributed by atoms with E-state index in [1.807, 2.05) is 6.08 Å². The zero-order valence-corrected chi connectivity index (χ0v) is 16.9. The number of hydrogen-bond donors (Lipinski definition) is 3. The Morgan fingerprint density at radius 2 is 2.04 bits per heavy atom. The summed E-state index contributed by atoms with van der Waals surface area (Å²) in [5, 5.41) is 32.0. The quantitative estimate of drug-likeness (QED) is 0.663. The Labute approximate surface area is 162 Å². The van der Waals surface area contributed by atoms with Crippen LogP contribution in [0.4, 0.5) is 0 Å². The predicted molar refractivity (Wildman–Crippen MR) is 104 cm³/mol. The Balaban J connectivity index is 1.77. The van der Waals surface area contributed by atoms with Crippen LogP contribution < -0.4 is 0 Å².